The SMILES string of the molecule is NCC1(C(O)c2ccncn2)Cc2ccccc2C1. The molecule has 2 aromatic rings. The molecular weight excluding hydrogens is 238 g/mol. The Morgan fingerprint density at radius 2 is 1.89 bits per heavy atom. The van der Waals surface area contributed by atoms with Crippen molar-refractivity contribution in [3.63, 3.8) is 0 Å². The van der Waals surface area contributed by atoms with Gasteiger partial charge in [0.2, 0.25) is 0 Å². The summed E-state index contributed by atoms with van der Waals surface area (Å²) in [6, 6.07) is 10.0. The first-order chi connectivity index (χ1) is 9.25. The zero-order valence-corrected chi connectivity index (χ0v) is 10.7. The standard InChI is InChI=1S/C15H17N3O/c16-9-15(14(19)13-5-6-17-10-18-13)7-11-3-1-2-4-12(11)8-15/h1-6,10,14,19H,7-9,16H2. The second-order valence-electron chi connectivity index (χ2n) is 5.23. The molecule has 0 bridgehead atoms. The molecular formula is C15H17N3O. The van der Waals surface area contributed by atoms with Gasteiger partial charge in [-0.05, 0) is 30.0 Å². The van der Waals surface area contributed by atoms with Gasteiger partial charge in [-0.2, -0.15) is 0 Å². The van der Waals surface area contributed by atoms with E-state index in [0.29, 0.717) is 12.2 Å². The van der Waals surface area contributed by atoms with E-state index in [0.717, 1.165) is 12.8 Å². The number of hydrogen-bond donors (Lipinski definition) is 2. The van der Waals surface area contributed by atoms with Gasteiger partial charge in [0.15, 0.2) is 0 Å². The average molecular weight is 255 g/mol. The van der Waals surface area contributed by atoms with Crippen LogP contribution in [-0.2, 0) is 12.8 Å². The Balaban J connectivity index is 1.95. The van der Waals surface area contributed by atoms with Crippen molar-refractivity contribution in [2.45, 2.75) is 18.9 Å². The first-order valence-electron chi connectivity index (χ1n) is 6.46. The summed E-state index contributed by atoms with van der Waals surface area (Å²) in [6.07, 6.45) is 4.05. The monoisotopic (exact) mass is 255 g/mol. The average Bonchev–Trinajstić information content (AvgIpc) is 2.87. The minimum atomic E-state index is -0.659. The van der Waals surface area contributed by atoms with Crippen LogP contribution in [0.15, 0.2) is 42.9 Å². The highest BCUT2D eigenvalue weighted by atomic mass is 16.3. The van der Waals surface area contributed by atoms with Crippen molar-refractivity contribution in [2.75, 3.05) is 6.54 Å². The Hall–Kier alpha value is -1.78. The smallest absolute Gasteiger partial charge is 0.115 e. The highest BCUT2D eigenvalue weighted by Gasteiger charge is 2.43. The molecule has 0 saturated carbocycles. The quantitative estimate of drug-likeness (QED) is 0.866. The van der Waals surface area contributed by atoms with Gasteiger partial charge in [0.25, 0.3) is 0 Å². The predicted molar refractivity (Wildman–Crippen MR) is 72.3 cm³/mol. The lowest BCUT2D eigenvalue weighted by atomic mass is 9.77. The summed E-state index contributed by atoms with van der Waals surface area (Å²) < 4.78 is 0. The van der Waals surface area contributed by atoms with Gasteiger partial charge in [-0.3, -0.25) is 0 Å². The van der Waals surface area contributed by atoms with E-state index in [4.69, 9.17) is 5.73 Å². The highest BCUT2D eigenvalue weighted by Crippen LogP contribution is 2.44. The second kappa shape index (κ2) is 4.72. The lowest BCUT2D eigenvalue weighted by molar-refractivity contribution is 0.0323. The maximum absolute atomic E-state index is 10.7. The fraction of sp³-hybridized carbons (Fsp3) is 0.333. The Morgan fingerprint density at radius 3 is 2.42 bits per heavy atom. The van der Waals surface area contributed by atoms with Crippen LogP contribution in [0.4, 0.5) is 0 Å². The molecule has 98 valence electrons. The van der Waals surface area contributed by atoms with Crippen molar-refractivity contribution in [1.29, 1.82) is 0 Å². The Morgan fingerprint density at radius 1 is 1.21 bits per heavy atom. The molecule has 0 spiro atoms. The van der Waals surface area contributed by atoms with Gasteiger partial charge in [-0.25, -0.2) is 9.97 Å². The fourth-order valence-electron chi connectivity index (χ4n) is 2.95. The zero-order chi connectivity index (χ0) is 13.3. The summed E-state index contributed by atoms with van der Waals surface area (Å²) in [4.78, 5) is 8.05. The van der Waals surface area contributed by atoms with Crippen molar-refractivity contribution >= 4 is 0 Å². The van der Waals surface area contributed by atoms with E-state index in [-0.39, 0.29) is 5.41 Å². The number of hydrogen-bond acceptors (Lipinski definition) is 4. The van der Waals surface area contributed by atoms with E-state index < -0.39 is 6.10 Å². The normalized spacial score (nSPS) is 18.0. The molecule has 1 aromatic carbocycles. The molecule has 3 rings (SSSR count). The summed E-state index contributed by atoms with van der Waals surface area (Å²) >= 11 is 0. The molecule has 0 aliphatic heterocycles. The van der Waals surface area contributed by atoms with Crippen LogP contribution in [0, 0.1) is 5.41 Å². The van der Waals surface area contributed by atoms with Crippen molar-refractivity contribution in [3.05, 3.63) is 59.7 Å². The molecule has 4 heteroatoms. The molecule has 19 heavy (non-hydrogen) atoms. The Kier molecular flexibility index (Phi) is 3.05. The van der Waals surface area contributed by atoms with Crippen LogP contribution in [0.3, 0.4) is 0 Å². The minimum Gasteiger partial charge on any atom is -0.386 e. The van der Waals surface area contributed by atoms with Gasteiger partial charge in [0.1, 0.15) is 12.4 Å². The van der Waals surface area contributed by atoms with E-state index >= 15 is 0 Å². The number of fused-ring (bicyclic) bond motifs is 1. The van der Waals surface area contributed by atoms with Gasteiger partial charge in [-0.1, -0.05) is 24.3 Å². The number of nitrogens with zero attached hydrogens (tertiary/aromatic N) is 2. The Labute approximate surface area is 112 Å². The summed E-state index contributed by atoms with van der Waals surface area (Å²) in [6.45, 7) is 0.437. The van der Waals surface area contributed by atoms with E-state index in [9.17, 15) is 5.11 Å². The van der Waals surface area contributed by atoms with E-state index in [1.54, 1.807) is 12.3 Å². The molecule has 1 aliphatic carbocycles. The number of nitrogens with two attached hydrogens (primary N) is 1. The van der Waals surface area contributed by atoms with Gasteiger partial charge in [0.05, 0.1) is 5.69 Å². The van der Waals surface area contributed by atoms with E-state index in [1.165, 1.54) is 17.5 Å². The number of aromatic nitrogens is 2. The van der Waals surface area contributed by atoms with Gasteiger partial charge in [-0.15, -0.1) is 0 Å². The summed E-state index contributed by atoms with van der Waals surface area (Å²) in [7, 11) is 0. The van der Waals surface area contributed by atoms with Gasteiger partial charge < -0.3 is 10.8 Å². The summed E-state index contributed by atoms with van der Waals surface area (Å²) in [5.74, 6) is 0. The molecule has 1 heterocycles. The molecule has 1 atom stereocenters. The van der Waals surface area contributed by atoms with Crippen molar-refractivity contribution in [2.24, 2.45) is 11.1 Å². The number of benzene rings is 1. The predicted octanol–water partition coefficient (Wildman–Crippen LogP) is 1.25. The Bertz CT molecular complexity index is 546. The molecule has 0 saturated heterocycles. The third-order valence-electron chi connectivity index (χ3n) is 4.07. The third kappa shape index (κ3) is 2.03. The van der Waals surface area contributed by atoms with Crippen LogP contribution in [0.25, 0.3) is 0 Å². The molecule has 4 nitrogen and oxygen atoms in total. The van der Waals surface area contributed by atoms with Crippen LogP contribution in [0.5, 0.6) is 0 Å². The first-order valence-corrected chi connectivity index (χ1v) is 6.46. The second-order valence-corrected chi connectivity index (χ2v) is 5.23. The molecule has 0 radical (unpaired) electrons. The highest BCUT2D eigenvalue weighted by molar-refractivity contribution is 5.36. The molecule has 1 unspecified atom stereocenters. The van der Waals surface area contributed by atoms with Crippen LogP contribution in [0.2, 0.25) is 0 Å². The van der Waals surface area contributed by atoms with Gasteiger partial charge >= 0.3 is 0 Å². The largest absolute Gasteiger partial charge is 0.386 e. The number of aliphatic hydroxyl groups excluding tert-OH is 1. The van der Waals surface area contributed by atoms with Crippen molar-refractivity contribution < 1.29 is 5.11 Å². The minimum absolute atomic E-state index is 0.349. The van der Waals surface area contributed by atoms with E-state index in [1.807, 2.05) is 12.1 Å². The van der Waals surface area contributed by atoms with Crippen LogP contribution in [0.1, 0.15) is 22.9 Å². The molecule has 1 aliphatic rings. The molecule has 1 aromatic heterocycles. The maximum atomic E-state index is 10.7. The van der Waals surface area contributed by atoms with Gasteiger partial charge in [0, 0.05) is 18.2 Å². The van der Waals surface area contributed by atoms with Crippen LogP contribution in [-0.4, -0.2) is 21.6 Å². The fourth-order valence-corrected chi connectivity index (χ4v) is 2.95. The van der Waals surface area contributed by atoms with E-state index in [2.05, 4.69) is 22.1 Å². The summed E-state index contributed by atoms with van der Waals surface area (Å²) in [5.41, 5.74) is 8.84. The van der Waals surface area contributed by atoms with Crippen LogP contribution < -0.4 is 5.73 Å². The number of aliphatic hydroxyl groups is 1. The molecule has 3 N–H and O–H groups in total. The lowest BCUT2D eigenvalue weighted by Gasteiger charge is -2.32. The van der Waals surface area contributed by atoms with Crippen LogP contribution >= 0.6 is 0 Å². The maximum Gasteiger partial charge on any atom is 0.115 e. The zero-order valence-electron chi connectivity index (χ0n) is 10.7. The lowest BCUT2D eigenvalue weighted by Crippen LogP contribution is -2.38. The van der Waals surface area contributed by atoms with Crippen molar-refractivity contribution in [3.8, 4) is 0 Å². The number of rotatable bonds is 3. The first kappa shape index (κ1) is 12.3. The summed E-state index contributed by atoms with van der Waals surface area (Å²) in [5, 5.41) is 10.7. The molecule has 0 amide bonds. The topological polar surface area (TPSA) is 72.0 Å². The third-order valence-corrected chi connectivity index (χ3v) is 4.07. The van der Waals surface area contributed by atoms with Crippen molar-refractivity contribution in [1.82, 2.24) is 9.97 Å². The molecule has 0 fully saturated rings.